The fourth-order valence-electron chi connectivity index (χ4n) is 2.57. The van der Waals surface area contributed by atoms with Gasteiger partial charge in [-0.3, -0.25) is 4.72 Å². The van der Waals surface area contributed by atoms with E-state index in [1.165, 1.54) is 12.1 Å². The highest BCUT2D eigenvalue weighted by molar-refractivity contribution is 7.92. The number of hydrogen-bond donors (Lipinski definition) is 1. The molecule has 1 N–H and O–H groups in total. The first-order valence-electron chi connectivity index (χ1n) is 8.82. The van der Waals surface area contributed by atoms with Crippen molar-refractivity contribution < 1.29 is 17.5 Å². The van der Waals surface area contributed by atoms with E-state index in [2.05, 4.69) is 20.0 Å². The van der Waals surface area contributed by atoms with Crippen LogP contribution in [0.4, 0.5) is 10.1 Å². The van der Waals surface area contributed by atoms with Crippen molar-refractivity contribution in [2.45, 2.75) is 11.8 Å². The monoisotopic (exact) mass is 425 g/mol. The summed E-state index contributed by atoms with van der Waals surface area (Å²) in [4.78, 5) is -0.0352. The van der Waals surface area contributed by atoms with Crippen LogP contribution in [0.5, 0.6) is 11.6 Å². The molecular weight excluding hydrogens is 409 g/mol. The number of nitrogens with one attached hydrogen (secondary N) is 1. The van der Waals surface area contributed by atoms with Crippen molar-refractivity contribution in [3.05, 3.63) is 84.4 Å². The first kappa shape index (κ1) is 19.5. The predicted octanol–water partition coefficient (Wildman–Crippen LogP) is 3.70. The van der Waals surface area contributed by atoms with Gasteiger partial charge in [-0.15, -0.1) is 10.2 Å². The number of ether oxygens (including phenoxy) is 1. The Morgan fingerprint density at radius 1 is 0.933 bits per heavy atom. The highest BCUT2D eigenvalue weighted by atomic mass is 32.2. The van der Waals surface area contributed by atoms with Gasteiger partial charge in [-0.1, -0.05) is 0 Å². The van der Waals surface area contributed by atoms with Gasteiger partial charge in [-0.25, -0.2) is 17.5 Å². The molecule has 0 saturated heterocycles. The number of aryl methyl sites for hydroxylation is 1. The first-order valence-corrected chi connectivity index (χ1v) is 10.3. The van der Waals surface area contributed by atoms with Crippen LogP contribution in [0.15, 0.2) is 77.8 Å². The van der Waals surface area contributed by atoms with Crippen molar-refractivity contribution in [2.75, 3.05) is 4.72 Å². The summed E-state index contributed by atoms with van der Waals surface area (Å²) in [6.07, 6.45) is 1.78. The van der Waals surface area contributed by atoms with E-state index in [-0.39, 0.29) is 10.8 Å². The van der Waals surface area contributed by atoms with Gasteiger partial charge in [-0.05, 0) is 67.6 Å². The molecule has 0 atom stereocenters. The molecule has 10 heteroatoms. The third-order valence-electron chi connectivity index (χ3n) is 4.04. The van der Waals surface area contributed by atoms with Crippen LogP contribution in [0.1, 0.15) is 5.69 Å². The first-order chi connectivity index (χ1) is 14.4. The van der Waals surface area contributed by atoms with Crippen LogP contribution in [0.3, 0.4) is 0 Å². The zero-order chi connectivity index (χ0) is 21.1. The van der Waals surface area contributed by atoms with Crippen molar-refractivity contribution in [3.63, 3.8) is 0 Å². The molecule has 30 heavy (non-hydrogen) atoms. The summed E-state index contributed by atoms with van der Waals surface area (Å²) in [5.74, 6) is 0.784. The van der Waals surface area contributed by atoms with E-state index < -0.39 is 15.8 Å². The number of rotatable bonds is 6. The second-order valence-corrected chi connectivity index (χ2v) is 8.00. The fraction of sp³-hybridized carbons (Fsp3) is 0.0500. The molecule has 0 amide bonds. The van der Waals surface area contributed by atoms with Gasteiger partial charge in [0.05, 0.1) is 10.6 Å². The largest absolute Gasteiger partial charge is 0.438 e. The van der Waals surface area contributed by atoms with Crippen molar-refractivity contribution in [1.29, 1.82) is 0 Å². The molecule has 4 rings (SSSR count). The third kappa shape index (κ3) is 4.44. The fourth-order valence-corrected chi connectivity index (χ4v) is 3.63. The minimum atomic E-state index is -3.82. The summed E-state index contributed by atoms with van der Waals surface area (Å²) in [7, 11) is -3.82. The van der Waals surface area contributed by atoms with Crippen molar-refractivity contribution >= 4 is 15.7 Å². The smallest absolute Gasteiger partial charge is 0.261 e. The number of anilines is 1. The molecule has 0 aliphatic heterocycles. The van der Waals surface area contributed by atoms with Crippen LogP contribution in [0.25, 0.3) is 5.82 Å². The molecule has 2 aromatic heterocycles. The summed E-state index contributed by atoms with van der Waals surface area (Å²) in [5, 5.41) is 12.3. The summed E-state index contributed by atoms with van der Waals surface area (Å²) in [6.45, 7) is 1.88. The number of sulfonamides is 1. The highest BCUT2D eigenvalue weighted by Crippen LogP contribution is 2.23. The molecule has 2 heterocycles. The lowest BCUT2D eigenvalue weighted by molar-refractivity contribution is 0.454. The number of benzene rings is 2. The predicted molar refractivity (Wildman–Crippen MR) is 108 cm³/mol. The highest BCUT2D eigenvalue weighted by Gasteiger charge is 2.14. The molecule has 8 nitrogen and oxygen atoms in total. The Morgan fingerprint density at radius 2 is 1.67 bits per heavy atom. The Morgan fingerprint density at radius 3 is 2.27 bits per heavy atom. The van der Waals surface area contributed by atoms with Crippen molar-refractivity contribution in [3.8, 4) is 17.4 Å². The Balaban J connectivity index is 1.43. The van der Waals surface area contributed by atoms with Crippen LogP contribution in [0.2, 0.25) is 0 Å². The van der Waals surface area contributed by atoms with Gasteiger partial charge in [0, 0.05) is 18.0 Å². The second kappa shape index (κ2) is 7.91. The zero-order valence-corrected chi connectivity index (χ0v) is 16.5. The molecule has 0 unspecified atom stereocenters. The molecule has 0 bridgehead atoms. The van der Waals surface area contributed by atoms with E-state index in [0.29, 0.717) is 17.3 Å². The zero-order valence-electron chi connectivity index (χ0n) is 15.7. The quantitative estimate of drug-likeness (QED) is 0.506. The summed E-state index contributed by atoms with van der Waals surface area (Å²) in [5.41, 5.74) is 1.20. The summed E-state index contributed by atoms with van der Waals surface area (Å²) in [6, 6.07) is 16.1. The maximum absolute atomic E-state index is 13.0. The molecule has 0 aliphatic carbocycles. The van der Waals surface area contributed by atoms with Crippen LogP contribution in [-0.2, 0) is 10.0 Å². The number of nitrogens with zero attached hydrogens (tertiary/aromatic N) is 4. The second-order valence-electron chi connectivity index (χ2n) is 6.32. The van der Waals surface area contributed by atoms with Crippen LogP contribution in [0, 0.1) is 12.7 Å². The van der Waals surface area contributed by atoms with E-state index in [4.69, 9.17) is 4.74 Å². The van der Waals surface area contributed by atoms with Gasteiger partial charge in [0.2, 0.25) is 5.88 Å². The topological polar surface area (TPSA) is 99.0 Å². The molecule has 152 valence electrons. The van der Waals surface area contributed by atoms with Gasteiger partial charge in [-0.2, -0.15) is 5.10 Å². The SMILES string of the molecule is Cc1ccn(-c2ccc(Oc3ccc(NS(=O)(=O)c4ccc(F)cc4)cc3)nn2)n1. The molecule has 0 saturated carbocycles. The van der Waals surface area contributed by atoms with Crippen molar-refractivity contribution in [2.24, 2.45) is 0 Å². The molecule has 0 radical (unpaired) electrons. The molecule has 0 aliphatic rings. The molecule has 0 fully saturated rings. The van der Waals surface area contributed by atoms with Crippen LogP contribution < -0.4 is 9.46 Å². The molecule has 2 aromatic carbocycles. The Kier molecular flexibility index (Phi) is 5.15. The minimum absolute atomic E-state index is 0.0352. The molecule has 4 aromatic rings. The number of hydrogen-bond acceptors (Lipinski definition) is 6. The van der Waals surface area contributed by atoms with E-state index in [1.54, 1.807) is 47.3 Å². The van der Waals surface area contributed by atoms with Gasteiger partial charge in [0.1, 0.15) is 11.6 Å². The van der Waals surface area contributed by atoms with E-state index in [0.717, 1.165) is 17.8 Å². The standard InChI is InChI=1S/C20H16FN5O3S/c1-14-12-13-26(24-14)19-10-11-20(23-22-19)29-17-6-4-16(5-7-17)25-30(27,28)18-8-2-15(21)3-9-18/h2-13,25H,1H3. The lowest BCUT2D eigenvalue weighted by atomic mass is 10.3. The minimum Gasteiger partial charge on any atom is -0.438 e. The number of halogens is 1. The van der Waals surface area contributed by atoms with Crippen LogP contribution in [-0.4, -0.2) is 28.4 Å². The van der Waals surface area contributed by atoms with Gasteiger partial charge < -0.3 is 4.74 Å². The normalized spacial score (nSPS) is 11.3. The third-order valence-corrected chi connectivity index (χ3v) is 5.43. The summed E-state index contributed by atoms with van der Waals surface area (Å²) >= 11 is 0. The molecular formula is C20H16FN5O3S. The van der Waals surface area contributed by atoms with E-state index in [1.807, 2.05) is 13.0 Å². The maximum atomic E-state index is 13.0. The number of aromatic nitrogens is 4. The van der Waals surface area contributed by atoms with Crippen molar-refractivity contribution in [1.82, 2.24) is 20.0 Å². The molecule has 0 spiro atoms. The average Bonchev–Trinajstić information content (AvgIpc) is 3.16. The lowest BCUT2D eigenvalue weighted by Gasteiger charge is -2.09. The van der Waals surface area contributed by atoms with Gasteiger partial charge in [0.25, 0.3) is 10.0 Å². The Labute approximate surface area is 172 Å². The average molecular weight is 425 g/mol. The van der Waals surface area contributed by atoms with Gasteiger partial charge in [0.15, 0.2) is 5.82 Å². The van der Waals surface area contributed by atoms with E-state index in [9.17, 15) is 12.8 Å². The summed E-state index contributed by atoms with van der Waals surface area (Å²) < 4.78 is 47.4. The van der Waals surface area contributed by atoms with E-state index >= 15 is 0 Å². The lowest BCUT2D eigenvalue weighted by Crippen LogP contribution is -2.12. The van der Waals surface area contributed by atoms with Gasteiger partial charge >= 0.3 is 0 Å². The maximum Gasteiger partial charge on any atom is 0.261 e. The Bertz CT molecular complexity index is 1260. The van der Waals surface area contributed by atoms with Crippen LogP contribution >= 0.6 is 0 Å². The Hall–Kier alpha value is -3.79.